The molecule has 1 aliphatic heterocycles. The number of hydrogen-bond donors (Lipinski definition) is 0. The van der Waals surface area contributed by atoms with E-state index in [1.54, 1.807) is 0 Å². The van der Waals surface area contributed by atoms with Crippen LogP contribution in [0.2, 0.25) is 0 Å². The van der Waals surface area contributed by atoms with Crippen LogP contribution in [0.4, 0.5) is 0 Å². The molecule has 0 bridgehead atoms. The largest absolute Gasteiger partial charge is 1.00 e. The Hall–Kier alpha value is 0.517. The topological polar surface area (TPSA) is 12.5 Å². The molecular weight excluding hydrogens is 229 g/mol. The van der Waals surface area contributed by atoms with Gasteiger partial charge in [0.1, 0.15) is 0 Å². The standard InChI is InChI=1S/C16H32NO.Li/c1-2-3-4-5-6-7-8-9-10-11-12-17-13-15-18-16-14-17;/h1-16H2;/q-1;+1. The van der Waals surface area contributed by atoms with E-state index in [0.717, 1.165) is 32.7 Å². The SMILES string of the molecule is [CH2-]CCCCCCCCCCCN1CCOCC1.[Li+]. The summed E-state index contributed by atoms with van der Waals surface area (Å²) in [5.41, 5.74) is 0. The van der Waals surface area contributed by atoms with Gasteiger partial charge in [0.05, 0.1) is 13.2 Å². The van der Waals surface area contributed by atoms with Gasteiger partial charge in [-0.05, 0) is 13.0 Å². The molecule has 1 rings (SSSR count). The fourth-order valence-electron chi connectivity index (χ4n) is 2.57. The zero-order valence-corrected chi connectivity index (χ0v) is 13.2. The summed E-state index contributed by atoms with van der Waals surface area (Å²) in [6, 6.07) is 0. The molecule has 1 aliphatic rings. The Labute approximate surface area is 132 Å². The van der Waals surface area contributed by atoms with Crippen LogP contribution in [0.15, 0.2) is 0 Å². The molecule has 0 N–H and O–H groups in total. The Morgan fingerprint density at radius 2 is 1.21 bits per heavy atom. The average molecular weight is 261 g/mol. The van der Waals surface area contributed by atoms with Gasteiger partial charge in [-0.15, -0.1) is 0 Å². The van der Waals surface area contributed by atoms with Gasteiger partial charge in [-0.3, -0.25) is 4.90 Å². The third-order valence-electron chi connectivity index (χ3n) is 3.83. The number of rotatable bonds is 11. The molecule has 1 saturated heterocycles. The molecule has 0 aromatic carbocycles. The molecule has 108 valence electrons. The van der Waals surface area contributed by atoms with E-state index in [9.17, 15) is 0 Å². The van der Waals surface area contributed by atoms with Gasteiger partial charge < -0.3 is 11.7 Å². The van der Waals surface area contributed by atoms with E-state index in [0.29, 0.717) is 0 Å². The summed E-state index contributed by atoms with van der Waals surface area (Å²) in [6.07, 6.45) is 13.8. The van der Waals surface area contributed by atoms with Crippen molar-refractivity contribution >= 4 is 0 Å². The van der Waals surface area contributed by atoms with Gasteiger partial charge in [0, 0.05) is 13.1 Å². The summed E-state index contributed by atoms with van der Waals surface area (Å²) >= 11 is 0. The second kappa shape index (κ2) is 14.9. The van der Waals surface area contributed by atoms with Crippen molar-refractivity contribution in [2.45, 2.75) is 64.2 Å². The van der Waals surface area contributed by atoms with Crippen molar-refractivity contribution in [3.05, 3.63) is 6.92 Å². The summed E-state index contributed by atoms with van der Waals surface area (Å²) in [4.78, 5) is 2.54. The third kappa shape index (κ3) is 12.0. The molecular formula is C16H32LiNO. The minimum atomic E-state index is 0. The first-order valence-corrected chi connectivity index (χ1v) is 8.03. The zero-order valence-electron chi connectivity index (χ0n) is 13.2. The van der Waals surface area contributed by atoms with Gasteiger partial charge in [-0.2, -0.15) is 6.42 Å². The van der Waals surface area contributed by atoms with E-state index in [2.05, 4.69) is 11.8 Å². The van der Waals surface area contributed by atoms with E-state index < -0.39 is 0 Å². The van der Waals surface area contributed by atoms with Gasteiger partial charge in [-0.1, -0.05) is 51.4 Å². The van der Waals surface area contributed by atoms with Crippen LogP contribution in [0.1, 0.15) is 64.2 Å². The molecule has 0 atom stereocenters. The predicted molar refractivity (Wildman–Crippen MR) is 78.8 cm³/mol. The first-order valence-electron chi connectivity index (χ1n) is 8.03. The maximum absolute atomic E-state index is 5.35. The average Bonchev–Trinajstić information content (AvgIpc) is 2.42. The minimum Gasteiger partial charge on any atom is -0.379 e. The van der Waals surface area contributed by atoms with E-state index >= 15 is 0 Å². The van der Waals surface area contributed by atoms with Crippen LogP contribution < -0.4 is 18.9 Å². The number of nitrogens with zero attached hydrogens (tertiary/aromatic N) is 1. The van der Waals surface area contributed by atoms with Crippen molar-refractivity contribution < 1.29 is 23.6 Å². The van der Waals surface area contributed by atoms with E-state index in [1.165, 1.54) is 64.3 Å². The number of morpholine rings is 1. The maximum Gasteiger partial charge on any atom is 1.00 e. The number of hydrogen-bond acceptors (Lipinski definition) is 2. The van der Waals surface area contributed by atoms with E-state index in [1.807, 2.05) is 0 Å². The fraction of sp³-hybridized carbons (Fsp3) is 0.938. The Balaban J connectivity index is 0.00000324. The van der Waals surface area contributed by atoms with Gasteiger partial charge in [0.15, 0.2) is 0 Å². The molecule has 0 radical (unpaired) electrons. The molecule has 0 unspecified atom stereocenters. The predicted octanol–water partition coefficient (Wildman–Crippen LogP) is 1.06. The zero-order chi connectivity index (χ0) is 12.9. The maximum atomic E-state index is 5.35. The van der Waals surface area contributed by atoms with Crippen molar-refractivity contribution in [3.8, 4) is 0 Å². The van der Waals surface area contributed by atoms with Crippen LogP contribution in [-0.2, 0) is 4.74 Å². The smallest absolute Gasteiger partial charge is 0.379 e. The van der Waals surface area contributed by atoms with Gasteiger partial charge in [-0.25, -0.2) is 0 Å². The summed E-state index contributed by atoms with van der Waals surface area (Å²) in [5, 5.41) is 0. The second-order valence-electron chi connectivity index (χ2n) is 5.49. The summed E-state index contributed by atoms with van der Waals surface area (Å²) in [6.45, 7) is 9.33. The summed E-state index contributed by atoms with van der Waals surface area (Å²) < 4.78 is 5.35. The Morgan fingerprint density at radius 1 is 0.737 bits per heavy atom. The van der Waals surface area contributed by atoms with Crippen LogP contribution in [0.25, 0.3) is 0 Å². The Bertz CT molecular complexity index is 172. The molecule has 1 fully saturated rings. The third-order valence-corrected chi connectivity index (χ3v) is 3.83. The Kier molecular flexibility index (Phi) is 15.3. The van der Waals surface area contributed by atoms with E-state index in [-0.39, 0.29) is 18.9 Å². The van der Waals surface area contributed by atoms with Crippen LogP contribution in [-0.4, -0.2) is 37.7 Å². The summed E-state index contributed by atoms with van der Waals surface area (Å²) in [5.74, 6) is 0. The number of ether oxygens (including phenoxy) is 1. The van der Waals surface area contributed by atoms with Gasteiger partial charge in [0.2, 0.25) is 0 Å². The van der Waals surface area contributed by atoms with E-state index in [4.69, 9.17) is 4.74 Å². The van der Waals surface area contributed by atoms with Crippen LogP contribution >= 0.6 is 0 Å². The molecule has 0 aliphatic carbocycles. The van der Waals surface area contributed by atoms with Crippen LogP contribution in [0.3, 0.4) is 0 Å². The van der Waals surface area contributed by atoms with Gasteiger partial charge in [0.25, 0.3) is 0 Å². The molecule has 0 spiro atoms. The monoisotopic (exact) mass is 261 g/mol. The van der Waals surface area contributed by atoms with Crippen molar-refractivity contribution in [3.63, 3.8) is 0 Å². The molecule has 3 heteroatoms. The first kappa shape index (κ1) is 19.5. The van der Waals surface area contributed by atoms with Crippen LogP contribution in [0, 0.1) is 6.92 Å². The normalized spacial score (nSPS) is 16.3. The molecule has 19 heavy (non-hydrogen) atoms. The van der Waals surface area contributed by atoms with Crippen molar-refractivity contribution in [2.75, 3.05) is 32.8 Å². The Morgan fingerprint density at radius 3 is 1.74 bits per heavy atom. The molecule has 0 aromatic heterocycles. The second-order valence-corrected chi connectivity index (χ2v) is 5.49. The molecule has 1 heterocycles. The van der Waals surface area contributed by atoms with Crippen molar-refractivity contribution in [1.29, 1.82) is 0 Å². The van der Waals surface area contributed by atoms with Gasteiger partial charge >= 0.3 is 18.9 Å². The summed E-state index contributed by atoms with van der Waals surface area (Å²) in [7, 11) is 0. The minimum absolute atomic E-state index is 0. The molecule has 2 nitrogen and oxygen atoms in total. The van der Waals surface area contributed by atoms with Crippen LogP contribution in [0.5, 0.6) is 0 Å². The van der Waals surface area contributed by atoms with Crippen molar-refractivity contribution in [1.82, 2.24) is 4.90 Å². The molecule has 0 aromatic rings. The number of unbranched alkanes of at least 4 members (excludes halogenated alkanes) is 9. The first-order chi connectivity index (χ1) is 8.93. The van der Waals surface area contributed by atoms with Crippen molar-refractivity contribution in [2.24, 2.45) is 0 Å². The molecule has 0 saturated carbocycles. The molecule has 0 amide bonds. The fourth-order valence-corrected chi connectivity index (χ4v) is 2.57. The quantitative estimate of drug-likeness (QED) is 0.313.